The van der Waals surface area contributed by atoms with Crippen LogP contribution in [0.2, 0.25) is 0 Å². The maximum atomic E-state index is 12.3. The maximum Gasteiger partial charge on any atom is 0.349 e. The second kappa shape index (κ2) is 38.1. The Hall–Kier alpha value is -12.4. The number of ketones is 1. The van der Waals surface area contributed by atoms with Gasteiger partial charge in [0.05, 0.1) is 44.1 Å². The third-order valence-corrected chi connectivity index (χ3v) is 20.6. The molecular weight excluding hydrogens is 1530 g/mol. The van der Waals surface area contributed by atoms with Crippen molar-refractivity contribution in [2.75, 3.05) is 70.2 Å². The zero-order valence-corrected chi connectivity index (χ0v) is 69.6. The van der Waals surface area contributed by atoms with E-state index >= 15 is 0 Å². The standard InChI is InChI=1S/C22H29N5O4.C22H21N5O3.C21H28N6O3.C17H22N5O4P/c1-13-11-15-16(12-14(13)2)27(19-18(24-15)20(29)26-21(30)25-19)10-9-23-8-6-7-17(28)31-22(3,4)5;1-12-9-17-18(10-13(12)2)27(20-19(24-17)21(29)26-22(30)25-20)8-7-23-16-6-4-5-15(11-16)14(3)28;1-13-11-14-16(12-15(13)26(3)4)27(10-8-6-5-7-9-17(28)22-2)19-18(23-14)20(29)25-21(30)24-19;1-10-8-12-13(9-11(10)2)22(6-4-18-5-7-27(3,25)26)15-14(19-12)16(23)21-17(24)20-15/h11-12,23H,6-10H2,1-5H3,(H,26,29,30);4-6,9-11,23H,7-8H2,1-3H3,(H,26,29,30);11-12H,5-10H2,1-4H3,(H,22,28)(H,25,29,30);8-9,18,25-26H,3-7H2,1-2H3,(H,21,23,24). The Morgan fingerprint density at radius 3 is 1.25 bits per heavy atom. The van der Waals surface area contributed by atoms with E-state index in [4.69, 9.17) is 4.74 Å². The number of nitrogens with one attached hydrogen (secondary N) is 8. The van der Waals surface area contributed by atoms with E-state index in [2.05, 4.69) is 87.4 Å². The van der Waals surface area contributed by atoms with Crippen molar-refractivity contribution in [1.29, 1.82) is 0 Å². The molecule has 0 unspecified atom stereocenters. The topological polar surface area (TPSA) is 475 Å². The Balaban J connectivity index is 0.000000166. The molecule has 36 heteroatoms. The van der Waals surface area contributed by atoms with Crippen molar-refractivity contribution in [3.63, 3.8) is 0 Å². The third kappa shape index (κ3) is 22.2. The average molecular weight is 1630 g/mol. The molecule has 0 bridgehead atoms. The van der Waals surface area contributed by atoms with Gasteiger partial charge in [-0.05, 0) is 202 Å². The number of H-pyrrole nitrogens is 4. The monoisotopic (exact) mass is 1630 g/mol. The van der Waals surface area contributed by atoms with Gasteiger partial charge in [0.2, 0.25) is 5.91 Å². The Labute approximate surface area is 676 Å². The number of amides is 1. The predicted molar refractivity (Wildman–Crippen MR) is 458 cm³/mol. The van der Waals surface area contributed by atoms with E-state index in [1.807, 2.05) is 163 Å². The van der Waals surface area contributed by atoms with E-state index in [9.17, 15) is 62.5 Å². The molecule has 622 valence electrons. The first-order valence-electron chi connectivity index (χ1n) is 38.6. The number of ether oxygens (including phenoxy) is 1. The Bertz CT molecular complexity index is 6360. The normalized spacial score (nSPS) is 11.6. The van der Waals surface area contributed by atoms with Crippen molar-refractivity contribution in [3.05, 3.63) is 201 Å². The molecule has 0 fully saturated rings. The van der Waals surface area contributed by atoms with Gasteiger partial charge < -0.3 is 59.0 Å². The number of unbranched alkanes of at least 4 members (excludes halogenated alkanes) is 3. The summed E-state index contributed by atoms with van der Waals surface area (Å²) in [7, 11) is 2.52. The van der Waals surface area contributed by atoms with Crippen LogP contribution in [0, 0.1) is 48.5 Å². The van der Waals surface area contributed by atoms with Gasteiger partial charge in [0.1, 0.15) is 12.9 Å². The summed E-state index contributed by atoms with van der Waals surface area (Å²) in [5, 5.41) is 12.3. The molecular formula is C82H100N21O14P. The molecule has 0 atom stereocenters. The summed E-state index contributed by atoms with van der Waals surface area (Å²) in [4.78, 5) is 194. The Morgan fingerprint density at radius 2 is 0.856 bits per heavy atom. The first kappa shape index (κ1) is 87.9. The Kier molecular flexibility index (Phi) is 28.4. The quantitative estimate of drug-likeness (QED) is 0.00956. The highest BCUT2D eigenvalue weighted by Crippen LogP contribution is 2.33. The predicted octanol–water partition coefficient (Wildman–Crippen LogP) is 6.14. The summed E-state index contributed by atoms with van der Waals surface area (Å²) in [6.45, 7) is 25.5. The number of rotatable bonds is 26. The van der Waals surface area contributed by atoms with E-state index in [-0.39, 0.29) is 64.1 Å². The second-order valence-corrected chi connectivity index (χ2v) is 32.4. The van der Waals surface area contributed by atoms with Crippen molar-refractivity contribution in [3.8, 4) is 46.1 Å². The molecule has 8 aliphatic rings. The highest BCUT2D eigenvalue weighted by molar-refractivity contribution is 7.62. The van der Waals surface area contributed by atoms with Gasteiger partial charge in [-0.25, -0.2) is 39.1 Å². The summed E-state index contributed by atoms with van der Waals surface area (Å²) >= 11 is 0. The van der Waals surface area contributed by atoms with E-state index in [1.165, 1.54) is 6.92 Å². The van der Waals surface area contributed by atoms with Crippen molar-refractivity contribution in [1.82, 2.24) is 94.0 Å². The summed E-state index contributed by atoms with van der Waals surface area (Å²) < 4.78 is 12.7. The van der Waals surface area contributed by atoms with Crippen LogP contribution < -0.4 is 71.2 Å². The van der Waals surface area contributed by atoms with Crippen LogP contribution in [-0.2, 0) is 40.5 Å². The van der Waals surface area contributed by atoms with Crippen molar-refractivity contribution >= 4 is 86.8 Å². The zero-order chi connectivity index (χ0) is 85.8. The van der Waals surface area contributed by atoms with Gasteiger partial charge in [-0.1, -0.05) is 31.3 Å². The summed E-state index contributed by atoms with van der Waals surface area (Å²) in [5.41, 5.74) is 10.9. The van der Waals surface area contributed by atoms with Crippen LogP contribution >= 0.6 is 7.34 Å². The van der Waals surface area contributed by atoms with E-state index in [0.717, 1.165) is 98.1 Å². The van der Waals surface area contributed by atoms with Crippen LogP contribution in [-0.4, -0.2) is 177 Å². The molecule has 5 aromatic rings. The summed E-state index contributed by atoms with van der Waals surface area (Å²) in [5.74, 6) is 0.871. The van der Waals surface area contributed by atoms with Gasteiger partial charge in [-0.15, -0.1) is 0 Å². The number of nitrogens with zero attached hydrogens (tertiary/aromatic N) is 13. The van der Waals surface area contributed by atoms with E-state index < -0.39 is 57.9 Å². The number of esters is 1. The SMILES string of the molecule is C=P(O)(O)CCNCCn1c2nc(=O)[nH]c(=O)c-2nc2cc(C)c(C)cc21.CC(=O)c1cccc(NCCn2c3nc(=O)[nH]c(=O)c-3nc3cc(C)c(C)cc32)c1.CNC(=O)CCCCCCn1c2nc(=O)[nH]c(=O)c-2nc2cc(C)c(N(C)C)cc21.Cc1cc2nc3c(=O)[nH]c(=O)nc-3n(CCNCCCC(=O)OC(C)(C)C)c2cc1C. The second-order valence-electron chi connectivity index (χ2n) is 30.2. The lowest BCUT2D eigenvalue weighted by molar-refractivity contribution is -0.154. The van der Waals surface area contributed by atoms with Gasteiger partial charge >= 0.3 is 28.7 Å². The molecule has 0 saturated heterocycles. The lowest BCUT2D eigenvalue weighted by atomic mass is 10.1. The zero-order valence-electron chi connectivity index (χ0n) is 68.7. The van der Waals surface area contributed by atoms with Gasteiger partial charge in [0.15, 0.2) is 51.9 Å². The molecule has 0 aliphatic carbocycles. The molecule has 13 rings (SSSR count). The lowest BCUT2D eigenvalue weighted by Crippen LogP contribution is -2.30. The van der Waals surface area contributed by atoms with Crippen LogP contribution in [0.4, 0.5) is 11.4 Å². The number of anilines is 2. The number of benzene rings is 5. The first-order valence-corrected chi connectivity index (χ1v) is 40.7. The van der Waals surface area contributed by atoms with Crippen molar-refractivity contribution in [2.24, 2.45) is 0 Å². The van der Waals surface area contributed by atoms with Gasteiger partial charge in [0.25, 0.3) is 22.2 Å². The minimum absolute atomic E-state index is 0.00334. The number of aryl methyl sites for hydroxylation is 8. The van der Waals surface area contributed by atoms with Crippen LogP contribution in [0.5, 0.6) is 0 Å². The number of carbonyl (C=O) groups is 3. The van der Waals surface area contributed by atoms with Gasteiger partial charge in [0, 0.05) is 109 Å². The van der Waals surface area contributed by atoms with Crippen LogP contribution in [0.3, 0.4) is 0 Å². The highest BCUT2D eigenvalue weighted by Gasteiger charge is 2.25. The molecule has 1 amide bonds. The third-order valence-electron chi connectivity index (χ3n) is 19.7. The Morgan fingerprint density at radius 1 is 0.475 bits per heavy atom. The molecule has 0 aromatic heterocycles. The van der Waals surface area contributed by atoms with E-state index in [0.29, 0.717) is 112 Å². The van der Waals surface area contributed by atoms with Crippen LogP contribution in [0.15, 0.2) is 111 Å². The number of aromatic nitrogens is 16. The fourth-order valence-electron chi connectivity index (χ4n) is 13.3. The number of fused-ring (bicyclic) bond motifs is 8. The van der Waals surface area contributed by atoms with E-state index in [1.54, 1.807) is 23.7 Å². The fraction of sp³-hybridized carbons (Fsp3) is 0.390. The minimum Gasteiger partial charge on any atom is -0.460 e. The summed E-state index contributed by atoms with van der Waals surface area (Å²) in [6, 6.07) is 22.9. The number of hydrogen-bond acceptors (Lipinski definition) is 26. The summed E-state index contributed by atoms with van der Waals surface area (Å²) in [6.07, 6.45) is 8.54. The smallest absolute Gasteiger partial charge is 0.349 e. The number of carbonyl (C=O) groups excluding carboxylic acids is 3. The molecule has 35 nitrogen and oxygen atoms in total. The van der Waals surface area contributed by atoms with Crippen molar-refractivity contribution < 1.29 is 28.9 Å². The van der Waals surface area contributed by atoms with Gasteiger partial charge in [-0.2, -0.15) is 19.9 Å². The molecule has 8 heterocycles. The molecule has 118 heavy (non-hydrogen) atoms. The maximum absolute atomic E-state index is 12.3. The largest absolute Gasteiger partial charge is 0.460 e. The average Bonchev–Trinajstić information content (AvgIpc) is 0.772. The molecule has 8 aliphatic heterocycles. The van der Waals surface area contributed by atoms with Gasteiger partial charge in [-0.3, -0.25) is 53.5 Å². The molecule has 0 spiro atoms. The molecule has 10 N–H and O–H groups in total. The molecule has 0 radical (unpaired) electrons. The lowest BCUT2D eigenvalue weighted by Gasteiger charge is -2.21. The minimum atomic E-state index is -3.06. The fourth-order valence-corrected chi connectivity index (χ4v) is 13.8. The molecule has 5 aromatic carbocycles. The van der Waals surface area contributed by atoms with Crippen LogP contribution in [0.25, 0.3) is 90.2 Å². The molecule has 0 saturated carbocycles. The highest BCUT2D eigenvalue weighted by atomic mass is 31.2. The van der Waals surface area contributed by atoms with Crippen molar-refractivity contribution in [2.45, 2.75) is 153 Å². The number of hydrogen-bond donors (Lipinski definition) is 10. The number of Topliss-reactive ketones (excluding diaryl/α,β-unsaturated/α-hetero) is 1. The first-order chi connectivity index (χ1) is 55.8. The van der Waals surface area contributed by atoms with Crippen LogP contribution in [0.1, 0.15) is 122 Å². The number of aromatic amines is 4.